The molecular formula is C21H18Cl2N2O5. The molecule has 0 spiro atoms. The van der Waals surface area contributed by atoms with Crippen LogP contribution in [-0.2, 0) is 9.59 Å². The van der Waals surface area contributed by atoms with Crippen LogP contribution in [0.1, 0.15) is 19.4 Å². The SMILES string of the molecule is CCOc1ccc(/C=C2/C(=O)NC(=O)N(c3ccc(Cl)cc3)C2=O)c(Cl)c1OCC. The van der Waals surface area contributed by atoms with E-state index in [0.29, 0.717) is 35.3 Å². The van der Waals surface area contributed by atoms with E-state index in [1.165, 1.54) is 30.3 Å². The van der Waals surface area contributed by atoms with Gasteiger partial charge >= 0.3 is 6.03 Å². The molecule has 1 saturated heterocycles. The largest absolute Gasteiger partial charge is 0.490 e. The van der Waals surface area contributed by atoms with Gasteiger partial charge in [-0.15, -0.1) is 0 Å². The highest BCUT2D eigenvalue weighted by molar-refractivity contribution is 6.40. The van der Waals surface area contributed by atoms with Crippen LogP contribution in [0.25, 0.3) is 6.08 Å². The molecule has 1 fully saturated rings. The van der Waals surface area contributed by atoms with Gasteiger partial charge in [-0.3, -0.25) is 14.9 Å². The fourth-order valence-corrected chi connectivity index (χ4v) is 3.24. The standard InChI is InChI=1S/C21H18Cl2N2O5/c1-3-29-16-10-5-12(17(23)18(16)30-4-2)11-15-19(26)24-21(28)25(20(15)27)14-8-6-13(22)7-9-14/h5-11H,3-4H2,1-2H3,(H,24,26,28)/b15-11-. The van der Waals surface area contributed by atoms with Crippen LogP contribution in [0.15, 0.2) is 42.0 Å². The average Bonchev–Trinajstić information content (AvgIpc) is 2.71. The van der Waals surface area contributed by atoms with Crippen LogP contribution in [0.5, 0.6) is 11.5 Å². The topological polar surface area (TPSA) is 84.9 Å². The summed E-state index contributed by atoms with van der Waals surface area (Å²) >= 11 is 12.3. The van der Waals surface area contributed by atoms with Gasteiger partial charge in [0.15, 0.2) is 11.5 Å². The Morgan fingerprint density at radius 1 is 0.967 bits per heavy atom. The van der Waals surface area contributed by atoms with Crippen molar-refractivity contribution in [2.45, 2.75) is 13.8 Å². The van der Waals surface area contributed by atoms with Crippen LogP contribution >= 0.6 is 23.2 Å². The first-order valence-electron chi connectivity index (χ1n) is 9.12. The van der Waals surface area contributed by atoms with Crippen molar-refractivity contribution in [1.29, 1.82) is 0 Å². The number of benzene rings is 2. The number of barbiturate groups is 1. The highest BCUT2D eigenvalue weighted by Crippen LogP contribution is 2.39. The average molecular weight is 449 g/mol. The Labute approximate surface area is 183 Å². The number of nitrogens with zero attached hydrogens (tertiary/aromatic N) is 1. The molecule has 1 heterocycles. The Bertz CT molecular complexity index is 1030. The van der Waals surface area contributed by atoms with E-state index in [4.69, 9.17) is 32.7 Å². The second-order valence-electron chi connectivity index (χ2n) is 6.10. The number of urea groups is 1. The van der Waals surface area contributed by atoms with Gasteiger partial charge in [0, 0.05) is 5.02 Å². The molecule has 1 aliphatic rings. The van der Waals surface area contributed by atoms with Crippen molar-refractivity contribution in [2.75, 3.05) is 18.1 Å². The maximum absolute atomic E-state index is 13.0. The second-order valence-corrected chi connectivity index (χ2v) is 6.91. The number of hydrogen-bond acceptors (Lipinski definition) is 5. The quantitative estimate of drug-likeness (QED) is 0.520. The van der Waals surface area contributed by atoms with E-state index in [-0.39, 0.29) is 16.3 Å². The molecule has 1 N–H and O–H groups in total. The molecule has 2 aromatic carbocycles. The normalized spacial score (nSPS) is 15.4. The maximum atomic E-state index is 13.0. The molecule has 7 nitrogen and oxygen atoms in total. The molecule has 0 unspecified atom stereocenters. The van der Waals surface area contributed by atoms with Crippen LogP contribution in [0.3, 0.4) is 0 Å². The van der Waals surface area contributed by atoms with Crippen molar-refractivity contribution in [3.8, 4) is 11.5 Å². The van der Waals surface area contributed by atoms with Gasteiger partial charge in [-0.2, -0.15) is 0 Å². The van der Waals surface area contributed by atoms with Crippen molar-refractivity contribution in [1.82, 2.24) is 5.32 Å². The number of carbonyl (C=O) groups is 3. The minimum Gasteiger partial charge on any atom is -0.490 e. The Kier molecular flexibility index (Phi) is 6.64. The van der Waals surface area contributed by atoms with Crippen LogP contribution in [0.4, 0.5) is 10.5 Å². The van der Waals surface area contributed by atoms with Gasteiger partial charge in [-0.1, -0.05) is 23.2 Å². The number of halogens is 2. The highest BCUT2D eigenvalue weighted by Gasteiger charge is 2.37. The first kappa shape index (κ1) is 21.7. The summed E-state index contributed by atoms with van der Waals surface area (Å²) in [6.07, 6.45) is 1.31. The van der Waals surface area contributed by atoms with Crippen LogP contribution in [0.2, 0.25) is 10.0 Å². The minimum absolute atomic E-state index is 0.186. The zero-order chi connectivity index (χ0) is 21.8. The molecule has 2 aromatic rings. The van der Waals surface area contributed by atoms with Gasteiger partial charge in [0.25, 0.3) is 11.8 Å². The summed E-state index contributed by atoms with van der Waals surface area (Å²) in [5.41, 5.74) is 0.388. The Morgan fingerprint density at radius 3 is 2.27 bits per heavy atom. The summed E-state index contributed by atoms with van der Waals surface area (Å²) in [6.45, 7) is 4.38. The van der Waals surface area contributed by atoms with Gasteiger partial charge < -0.3 is 9.47 Å². The minimum atomic E-state index is -0.850. The van der Waals surface area contributed by atoms with Gasteiger partial charge in [0.2, 0.25) is 0 Å². The summed E-state index contributed by atoms with van der Waals surface area (Å²) in [7, 11) is 0. The monoisotopic (exact) mass is 448 g/mol. The molecular weight excluding hydrogens is 431 g/mol. The summed E-state index contributed by atoms with van der Waals surface area (Å²) in [6, 6.07) is 8.47. The zero-order valence-electron chi connectivity index (χ0n) is 16.2. The number of imide groups is 2. The van der Waals surface area contributed by atoms with E-state index in [1.807, 2.05) is 6.92 Å². The number of ether oxygens (including phenoxy) is 2. The molecule has 0 aromatic heterocycles. The van der Waals surface area contributed by atoms with E-state index < -0.39 is 17.8 Å². The summed E-state index contributed by atoms with van der Waals surface area (Å²) in [4.78, 5) is 38.5. The lowest BCUT2D eigenvalue weighted by molar-refractivity contribution is -0.122. The predicted molar refractivity (Wildman–Crippen MR) is 114 cm³/mol. The third-order valence-corrected chi connectivity index (χ3v) is 4.81. The first-order chi connectivity index (χ1) is 14.4. The van der Waals surface area contributed by atoms with Crippen LogP contribution < -0.4 is 19.7 Å². The lowest BCUT2D eigenvalue weighted by Crippen LogP contribution is -2.54. The van der Waals surface area contributed by atoms with E-state index in [9.17, 15) is 14.4 Å². The van der Waals surface area contributed by atoms with Crippen molar-refractivity contribution in [2.24, 2.45) is 0 Å². The number of rotatable bonds is 6. The number of anilines is 1. The lowest BCUT2D eigenvalue weighted by Gasteiger charge is -2.26. The van der Waals surface area contributed by atoms with Crippen LogP contribution in [0, 0.1) is 0 Å². The molecule has 3 rings (SSSR count). The molecule has 0 aliphatic carbocycles. The third kappa shape index (κ3) is 4.27. The predicted octanol–water partition coefficient (Wildman–Crippen LogP) is 4.46. The maximum Gasteiger partial charge on any atom is 0.335 e. The van der Waals surface area contributed by atoms with Crippen molar-refractivity contribution in [3.63, 3.8) is 0 Å². The smallest absolute Gasteiger partial charge is 0.335 e. The van der Waals surface area contributed by atoms with E-state index >= 15 is 0 Å². The number of carbonyl (C=O) groups excluding carboxylic acids is 3. The molecule has 1 aliphatic heterocycles. The van der Waals surface area contributed by atoms with E-state index in [0.717, 1.165) is 4.90 Å². The molecule has 156 valence electrons. The van der Waals surface area contributed by atoms with Crippen molar-refractivity contribution in [3.05, 3.63) is 57.6 Å². The van der Waals surface area contributed by atoms with E-state index in [2.05, 4.69) is 5.32 Å². The molecule has 0 radical (unpaired) electrons. The lowest BCUT2D eigenvalue weighted by atomic mass is 10.1. The number of hydrogen-bond donors (Lipinski definition) is 1. The summed E-state index contributed by atoms with van der Waals surface area (Å²) in [5, 5.41) is 2.79. The fraction of sp³-hybridized carbons (Fsp3) is 0.190. The Balaban J connectivity index is 2.04. The highest BCUT2D eigenvalue weighted by atomic mass is 35.5. The summed E-state index contributed by atoms with van der Waals surface area (Å²) < 4.78 is 11.1. The molecule has 9 heteroatoms. The Hall–Kier alpha value is -3.03. The van der Waals surface area contributed by atoms with Crippen LogP contribution in [-0.4, -0.2) is 31.1 Å². The van der Waals surface area contributed by atoms with Gasteiger partial charge in [0.05, 0.1) is 23.9 Å². The molecule has 30 heavy (non-hydrogen) atoms. The molecule has 0 saturated carbocycles. The summed E-state index contributed by atoms with van der Waals surface area (Å²) in [5.74, 6) is -0.847. The number of nitrogens with one attached hydrogen (secondary N) is 1. The second kappa shape index (κ2) is 9.19. The van der Waals surface area contributed by atoms with Gasteiger partial charge in [0.1, 0.15) is 5.57 Å². The van der Waals surface area contributed by atoms with E-state index in [1.54, 1.807) is 19.1 Å². The Morgan fingerprint density at radius 2 is 1.63 bits per heavy atom. The third-order valence-electron chi connectivity index (χ3n) is 4.17. The number of amides is 4. The van der Waals surface area contributed by atoms with Crippen molar-refractivity contribution < 1.29 is 23.9 Å². The zero-order valence-corrected chi connectivity index (χ0v) is 17.7. The fourth-order valence-electron chi connectivity index (χ4n) is 2.85. The van der Waals surface area contributed by atoms with Gasteiger partial charge in [-0.05, 0) is 61.9 Å². The van der Waals surface area contributed by atoms with Crippen molar-refractivity contribution >= 4 is 52.8 Å². The molecule has 0 atom stereocenters. The first-order valence-corrected chi connectivity index (χ1v) is 9.88. The van der Waals surface area contributed by atoms with Gasteiger partial charge in [-0.25, -0.2) is 9.69 Å². The molecule has 0 bridgehead atoms. The molecule has 4 amide bonds.